The van der Waals surface area contributed by atoms with E-state index in [-0.39, 0.29) is 0 Å². The molecule has 0 amide bonds. The van der Waals surface area contributed by atoms with Crippen molar-refractivity contribution in [3.63, 3.8) is 0 Å². The lowest BCUT2D eigenvalue weighted by atomic mass is 9.99. The molecule has 0 aliphatic carbocycles. The number of aromatic nitrogens is 1. The molecule has 0 radical (unpaired) electrons. The van der Waals surface area contributed by atoms with Gasteiger partial charge in [-0.1, -0.05) is 19.1 Å². The third-order valence-corrected chi connectivity index (χ3v) is 3.35. The highest BCUT2D eigenvalue weighted by Gasteiger charge is 2.13. The number of nitrogens with zero attached hydrogens (tertiary/aromatic N) is 1. The normalized spacial score (nSPS) is 10.9. The number of hydrogen-bond donors (Lipinski definition) is 2. The molecule has 0 saturated carbocycles. The highest BCUT2D eigenvalue weighted by Crippen LogP contribution is 2.32. The maximum Gasteiger partial charge on any atom is 0.0758 e. The molecule has 0 aliphatic heterocycles. The highest BCUT2D eigenvalue weighted by molar-refractivity contribution is 5.97. The molecule has 1 heterocycles. The Kier molecular flexibility index (Phi) is 3.03. The fraction of sp³-hybridized carbons (Fsp3) is 0.357. The van der Waals surface area contributed by atoms with E-state index < -0.39 is 0 Å². The summed E-state index contributed by atoms with van der Waals surface area (Å²) >= 11 is 0. The quantitative estimate of drug-likeness (QED) is 0.615. The van der Waals surface area contributed by atoms with E-state index >= 15 is 0 Å². The number of fused-ring (bicyclic) bond motifs is 1. The van der Waals surface area contributed by atoms with E-state index in [0.717, 1.165) is 28.7 Å². The zero-order chi connectivity index (χ0) is 12.6. The number of hydrogen-bond acceptors (Lipinski definition) is 3. The van der Waals surface area contributed by atoms with Gasteiger partial charge in [-0.25, -0.2) is 0 Å². The monoisotopic (exact) mass is 229 g/mol. The number of hydrazine groups is 1. The molecule has 1 aromatic carbocycles. The molecule has 2 rings (SSSR count). The Morgan fingerprint density at radius 2 is 1.82 bits per heavy atom. The maximum atomic E-state index is 5.70. The van der Waals surface area contributed by atoms with Gasteiger partial charge in [0.05, 0.1) is 11.2 Å². The zero-order valence-corrected chi connectivity index (χ0v) is 10.9. The van der Waals surface area contributed by atoms with Crippen LogP contribution in [0.25, 0.3) is 10.9 Å². The Labute approximate surface area is 102 Å². The molecule has 0 unspecified atom stereocenters. The average molecular weight is 229 g/mol. The van der Waals surface area contributed by atoms with E-state index in [1.807, 2.05) is 6.92 Å². The van der Waals surface area contributed by atoms with Gasteiger partial charge in [0, 0.05) is 11.1 Å². The van der Waals surface area contributed by atoms with Crippen molar-refractivity contribution < 1.29 is 0 Å². The van der Waals surface area contributed by atoms with Crippen LogP contribution in [0.2, 0.25) is 0 Å². The highest BCUT2D eigenvalue weighted by atomic mass is 15.2. The van der Waals surface area contributed by atoms with Crippen LogP contribution < -0.4 is 11.3 Å². The molecule has 0 fully saturated rings. The van der Waals surface area contributed by atoms with Crippen LogP contribution in [0.4, 0.5) is 5.69 Å². The second-order valence-corrected chi connectivity index (χ2v) is 4.47. The maximum absolute atomic E-state index is 5.70. The first-order chi connectivity index (χ1) is 8.10. The Morgan fingerprint density at radius 3 is 2.41 bits per heavy atom. The van der Waals surface area contributed by atoms with Crippen LogP contribution in [0.1, 0.15) is 29.3 Å². The van der Waals surface area contributed by atoms with Gasteiger partial charge in [0.25, 0.3) is 0 Å². The molecule has 0 atom stereocenters. The van der Waals surface area contributed by atoms with Crippen molar-refractivity contribution in [1.82, 2.24) is 4.98 Å². The molecular weight excluding hydrogens is 210 g/mol. The predicted molar refractivity (Wildman–Crippen MR) is 73.1 cm³/mol. The second-order valence-electron chi connectivity index (χ2n) is 4.47. The Bertz CT molecular complexity index is 573. The van der Waals surface area contributed by atoms with Crippen molar-refractivity contribution >= 4 is 16.6 Å². The van der Waals surface area contributed by atoms with Crippen LogP contribution in [0.15, 0.2) is 12.1 Å². The summed E-state index contributed by atoms with van der Waals surface area (Å²) in [4.78, 5) is 4.72. The van der Waals surface area contributed by atoms with Gasteiger partial charge in [-0.15, -0.1) is 0 Å². The first-order valence-electron chi connectivity index (χ1n) is 5.96. The lowest BCUT2D eigenvalue weighted by Gasteiger charge is -2.16. The lowest BCUT2D eigenvalue weighted by molar-refractivity contribution is 1.06. The topological polar surface area (TPSA) is 50.9 Å². The van der Waals surface area contributed by atoms with Gasteiger partial charge >= 0.3 is 0 Å². The van der Waals surface area contributed by atoms with Crippen LogP contribution >= 0.6 is 0 Å². The van der Waals surface area contributed by atoms with Crippen molar-refractivity contribution in [1.29, 1.82) is 0 Å². The minimum atomic E-state index is 0.932. The van der Waals surface area contributed by atoms with Crippen LogP contribution in [0.5, 0.6) is 0 Å². The number of nitrogen functional groups attached to an aromatic ring is 1. The fourth-order valence-corrected chi connectivity index (χ4v) is 2.41. The number of rotatable bonds is 2. The Balaban J connectivity index is 2.98. The fourth-order valence-electron chi connectivity index (χ4n) is 2.41. The Morgan fingerprint density at radius 1 is 1.18 bits per heavy atom. The van der Waals surface area contributed by atoms with Crippen molar-refractivity contribution in [3.8, 4) is 0 Å². The summed E-state index contributed by atoms with van der Waals surface area (Å²) in [5.74, 6) is 5.70. The van der Waals surface area contributed by atoms with Gasteiger partial charge in [0.15, 0.2) is 0 Å². The largest absolute Gasteiger partial charge is 0.323 e. The molecule has 1 aromatic heterocycles. The average Bonchev–Trinajstić information content (AvgIpc) is 2.32. The first kappa shape index (κ1) is 11.9. The molecule has 17 heavy (non-hydrogen) atoms. The number of benzene rings is 1. The summed E-state index contributed by atoms with van der Waals surface area (Å²) in [6.07, 6.45) is 0.932. The summed E-state index contributed by atoms with van der Waals surface area (Å²) in [6, 6.07) is 4.23. The van der Waals surface area contributed by atoms with Gasteiger partial charge in [0.2, 0.25) is 0 Å². The minimum Gasteiger partial charge on any atom is -0.323 e. The van der Waals surface area contributed by atoms with E-state index in [2.05, 4.69) is 38.3 Å². The summed E-state index contributed by atoms with van der Waals surface area (Å²) < 4.78 is 0. The number of nitrogens with two attached hydrogens (primary N) is 1. The summed E-state index contributed by atoms with van der Waals surface area (Å²) in [6.45, 7) is 8.35. The minimum absolute atomic E-state index is 0.932. The van der Waals surface area contributed by atoms with Crippen molar-refractivity contribution in [2.75, 3.05) is 5.43 Å². The standard InChI is InChI=1S/C14H19N3/c1-5-11-10(4)16-13-9(3)7-6-8(2)12(13)14(11)17-15/h6-7H,5,15H2,1-4H3,(H,16,17). The Hall–Kier alpha value is -1.61. The number of aryl methyl sites for hydroxylation is 3. The van der Waals surface area contributed by atoms with Crippen molar-refractivity contribution in [2.45, 2.75) is 34.1 Å². The van der Waals surface area contributed by atoms with E-state index in [1.54, 1.807) is 0 Å². The number of pyridine rings is 1. The third kappa shape index (κ3) is 1.76. The SMILES string of the molecule is CCc1c(C)nc2c(C)ccc(C)c2c1NN. The molecule has 90 valence electrons. The molecule has 3 N–H and O–H groups in total. The van der Waals surface area contributed by atoms with Gasteiger partial charge in [-0.3, -0.25) is 10.8 Å². The van der Waals surface area contributed by atoms with Crippen LogP contribution in [0, 0.1) is 20.8 Å². The molecule has 3 heteroatoms. The predicted octanol–water partition coefficient (Wildman–Crippen LogP) is 3.01. The molecular formula is C14H19N3. The van der Waals surface area contributed by atoms with Crippen LogP contribution in [-0.2, 0) is 6.42 Å². The summed E-state index contributed by atoms with van der Waals surface area (Å²) in [7, 11) is 0. The van der Waals surface area contributed by atoms with Gasteiger partial charge in [0.1, 0.15) is 0 Å². The summed E-state index contributed by atoms with van der Waals surface area (Å²) in [5.41, 5.74) is 9.59. The van der Waals surface area contributed by atoms with E-state index in [4.69, 9.17) is 10.8 Å². The molecule has 3 nitrogen and oxygen atoms in total. The lowest BCUT2D eigenvalue weighted by Crippen LogP contribution is -2.12. The third-order valence-electron chi connectivity index (χ3n) is 3.35. The van der Waals surface area contributed by atoms with Crippen molar-refractivity contribution in [3.05, 3.63) is 34.5 Å². The van der Waals surface area contributed by atoms with Gasteiger partial charge in [-0.2, -0.15) is 0 Å². The molecule has 0 spiro atoms. The van der Waals surface area contributed by atoms with E-state index in [0.29, 0.717) is 0 Å². The van der Waals surface area contributed by atoms with Gasteiger partial charge in [-0.05, 0) is 43.9 Å². The van der Waals surface area contributed by atoms with E-state index in [1.165, 1.54) is 16.7 Å². The van der Waals surface area contributed by atoms with Crippen LogP contribution in [-0.4, -0.2) is 4.98 Å². The van der Waals surface area contributed by atoms with E-state index in [9.17, 15) is 0 Å². The molecule has 0 aliphatic rings. The molecule has 2 aromatic rings. The molecule has 0 saturated heterocycles. The zero-order valence-electron chi connectivity index (χ0n) is 10.9. The molecule has 0 bridgehead atoms. The van der Waals surface area contributed by atoms with Gasteiger partial charge < -0.3 is 5.43 Å². The summed E-state index contributed by atoms with van der Waals surface area (Å²) in [5, 5.41) is 1.15. The van der Waals surface area contributed by atoms with Crippen LogP contribution in [0.3, 0.4) is 0 Å². The van der Waals surface area contributed by atoms with Crippen molar-refractivity contribution in [2.24, 2.45) is 5.84 Å². The smallest absolute Gasteiger partial charge is 0.0758 e. The second kappa shape index (κ2) is 4.34. The number of anilines is 1. The number of nitrogens with one attached hydrogen (secondary N) is 1. The first-order valence-corrected chi connectivity index (χ1v) is 5.96.